The molecule has 1 saturated heterocycles. The average Bonchev–Trinajstić information content (AvgIpc) is 2.56. The van der Waals surface area contributed by atoms with Crippen molar-refractivity contribution in [2.45, 2.75) is 45.0 Å². The molecule has 0 bridgehead atoms. The molecule has 1 aliphatic heterocycles. The van der Waals surface area contributed by atoms with E-state index in [1.54, 1.807) is 6.92 Å². The molecule has 0 saturated carbocycles. The molecule has 0 aliphatic carbocycles. The molecule has 5 unspecified atom stereocenters. The average molecular weight is 341 g/mol. The summed E-state index contributed by atoms with van der Waals surface area (Å²) in [5.74, 6) is -2.36. The molecule has 0 spiro atoms. The van der Waals surface area contributed by atoms with Gasteiger partial charge in [0.15, 0.2) is 6.29 Å². The summed E-state index contributed by atoms with van der Waals surface area (Å²) >= 11 is 0. The quantitative estimate of drug-likeness (QED) is 0.200. The number of hydrogen-bond acceptors (Lipinski definition) is 6. The van der Waals surface area contributed by atoms with Crippen molar-refractivity contribution in [3.8, 4) is 0 Å². The molecule has 0 aromatic rings. The van der Waals surface area contributed by atoms with Crippen LogP contribution in [0.15, 0.2) is 5.11 Å². The number of carbonyl (C=O) groups excluding carboxylic acids is 2. The van der Waals surface area contributed by atoms with Gasteiger partial charge >= 0.3 is 5.97 Å². The van der Waals surface area contributed by atoms with Gasteiger partial charge in [0.1, 0.15) is 12.6 Å². The number of nitrogens with zero attached hydrogens (tertiary/aromatic N) is 3. The van der Waals surface area contributed by atoms with E-state index in [2.05, 4.69) is 10.0 Å². The van der Waals surface area contributed by atoms with Crippen LogP contribution in [0.5, 0.6) is 0 Å². The molecule has 1 N–H and O–H groups in total. The molecular formula is C15H23N3O6. The minimum atomic E-state index is -0.824. The van der Waals surface area contributed by atoms with Gasteiger partial charge in [0.25, 0.3) is 0 Å². The van der Waals surface area contributed by atoms with E-state index in [-0.39, 0.29) is 18.9 Å². The van der Waals surface area contributed by atoms with Crippen molar-refractivity contribution < 1.29 is 29.0 Å². The molecule has 0 aromatic carbocycles. The molecule has 5 atom stereocenters. The highest BCUT2D eigenvalue weighted by molar-refractivity contribution is 5.66. The minimum Gasteiger partial charge on any atom is -0.481 e. The molecule has 9 nitrogen and oxygen atoms in total. The van der Waals surface area contributed by atoms with Gasteiger partial charge in [0.05, 0.1) is 18.6 Å². The Hall–Kier alpha value is -1.96. The lowest BCUT2D eigenvalue weighted by molar-refractivity contribution is -0.241. The summed E-state index contributed by atoms with van der Waals surface area (Å²) in [6, 6.07) is 0. The Morgan fingerprint density at radius 2 is 2.00 bits per heavy atom. The number of carboxylic acids is 1. The van der Waals surface area contributed by atoms with Crippen molar-refractivity contribution in [1.29, 1.82) is 0 Å². The number of carbonyl (C=O) groups is 3. The molecule has 1 rings (SSSR count). The Labute approximate surface area is 139 Å². The number of aldehydes is 2. The second kappa shape index (κ2) is 10.7. The van der Waals surface area contributed by atoms with Gasteiger partial charge < -0.3 is 24.2 Å². The van der Waals surface area contributed by atoms with Crippen molar-refractivity contribution in [1.82, 2.24) is 0 Å². The van der Waals surface area contributed by atoms with Crippen LogP contribution < -0.4 is 0 Å². The van der Waals surface area contributed by atoms with Crippen molar-refractivity contribution in [3.63, 3.8) is 0 Å². The topological polar surface area (TPSA) is 139 Å². The summed E-state index contributed by atoms with van der Waals surface area (Å²) in [6.45, 7) is 2.09. The highest BCUT2D eigenvalue weighted by Crippen LogP contribution is 2.34. The van der Waals surface area contributed by atoms with Gasteiger partial charge in [-0.15, -0.1) is 0 Å². The molecule has 0 aromatic heterocycles. The largest absolute Gasteiger partial charge is 0.481 e. The molecular weight excluding hydrogens is 318 g/mol. The van der Waals surface area contributed by atoms with Gasteiger partial charge in [-0.05, 0) is 18.4 Å². The molecule has 1 aliphatic rings. The SMILES string of the molecule is CC1C(OCCCCCC(=O)O)OC(CN=[N+]=[N-])C(C=O)C1C=O. The molecule has 0 amide bonds. The van der Waals surface area contributed by atoms with Crippen molar-refractivity contribution in [3.05, 3.63) is 10.4 Å². The van der Waals surface area contributed by atoms with E-state index < -0.39 is 30.2 Å². The number of hydrogen-bond donors (Lipinski definition) is 1. The zero-order chi connectivity index (χ0) is 17.9. The fraction of sp³-hybridized carbons (Fsp3) is 0.800. The van der Waals surface area contributed by atoms with Crippen LogP contribution in [0.3, 0.4) is 0 Å². The first kappa shape index (κ1) is 20.1. The summed E-state index contributed by atoms with van der Waals surface area (Å²) in [4.78, 5) is 35.7. The number of rotatable bonds is 11. The predicted octanol–water partition coefficient (Wildman–Crippen LogP) is 1.95. The third kappa shape index (κ3) is 5.92. The van der Waals surface area contributed by atoms with E-state index in [1.165, 1.54) is 0 Å². The van der Waals surface area contributed by atoms with Gasteiger partial charge in [-0.25, -0.2) is 0 Å². The number of unbranched alkanes of at least 4 members (excludes halogenated alkanes) is 2. The Kier molecular flexibility index (Phi) is 8.99. The van der Waals surface area contributed by atoms with Crippen LogP contribution in [0.2, 0.25) is 0 Å². The van der Waals surface area contributed by atoms with Crippen molar-refractivity contribution in [2.75, 3.05) is 13.2 Å². The monoisotopic (exact) mass is 341 g/mol. The van der Waals surface area contributed by atoms with Crippen LogP contribution in [0.25, 0.3) is 10.4 Å². The number of azide groups is 1. The minimum absolute atomic E-state index is 0.0462. The van der Waals surface area contributed by atoms with Gasteiger partial charge in [-0.2, -0.15) is 0 Å². The van der Waals surface area contributed by atoms with E-state index in [9.17, 15) is 14.4 Å². The van der Waals surface area contributed by atoms with E-state index >= 15 is 0 Å². The maximum atomic E-state index is 11.4. The number of carboxylic acid groups (broad SMARTS) is 1. The second-order valence-corrected chi connectivity index (χ2v) is 5.82. The van der Waals surface area contributed by atoms with Gasteiger partial charge in [-0.3, -0.25) is 4.79 Å². The van der Waals surface area contributed by atoms with Crippen molar-refractivity contribution in [2.24, 2.45) is 22.9 Å². The van der Waals surface area contributed by atoms with E-state index in [0.29, 0.717) is 32.2 Å². The zero-order valence-electron chi connectivity index (χ0n) is 13.6. The molecule has 9 heteroatoms. The molecule has 24 heavy (non-hydrogen) atoms. The standard InChI is InChI=1S/C15H23N3O6/c1-10-11(8-19)12(9-20)13(7-17-18-16)24-15(10)23-6-4-2-3-5-14(21)22/h8-13,15H,2-7H2,1H3,(H,21,22). The smallest absolute Gasteiger partial charge is 0.303 e. The normalized spacial score (nSPS) is 29.5. The first-order valence-electron chi connectivity index (χ1n) is 7.95. The summed E-state index contributed by atoms with van der Waals surface area (Å²) in [6.07, 6.45) is 2.10. The van der Waals surface area contributed by atoms with Crippen molar-refractivity contribution >= 4 is 18.5 Å². The fourth-order valence-corrected chi connectivity index (χ4v) is 2.79. The Balaban J connectivity index is 2.55. The van der Waals surface area contributed by atoms with Crippen LogP contribution in [0.4, 0.5) is 0 Å². The second-order valence-electron chi connectivity index (χ2n) is 5.82. The Bertz CT molecular complexity index is 480. The Morgan fingerprint density at radius 1 is 1.29 bits per heavy atom. The van der Waals surface area contributed by atoms with Crippen LogP contribution in [0, 0.1) is 17.8 Å². The molecule has 134 valence electrons. The lowest BCUT2D eigenvalue weighted by Crippen LogP contribution is -2.50. The van der Waals surface area contributed by atoms with Gasteiger partial charge in [0, 0.05) is 29.8 Å². The first-order valence-corrected chi connectivity index (χ1v) is 7.95. The van der Waals surface area contributed by atoms with Crippen LogP contribution in [-0.4, -0.2) is 49.2 Å². The molecule has 1 heterocycles. The lowest BCUT2D eigenvalue weighted by Gasteiger charge is -2.41. The number of aliphatic carboxylic acids is 1. The number of ether oxygens (including phenoxy) is 2. The van der Waals surface area contributed by atoms with Gasteiger partial charge in [-0.1, -0.05) is 18.5 Å². The zero-order valence-corrected chi connectivity index (χ0v) is 13.6. The molecule has 1 fully saturated rings. The Morgan fingerprint density at radius 3 is 2.58 bits per heavy atom. The summed E-state index contributed by atoms with van der Waals surface area (Å²) in [5, 5.41) is 12.0. The maximum absolute atomic E-state index is 11.4. The van der Waals surface area contributed by atoms with E-state index in [4.69, 9.17) is 20.1 Å². The lowest BCUT2D eigenvalue weighted by atomic mass is 9.78. The first-order chi connectivity index (χ1) is 11.5. The summed E-state index contributed by atoms with van der Waals surface area (Å²) < 4.78 is 11.4. The predicted molar refractivity (Wildman–Crippen MR) is 83.0 cm³/mol. The maximum Gasteiger partial charge on any atom is 0.303 e. The fourth-order valence-electron chi connectivity index (χ4n) is 2.79. The summed E-state index contributed by atoms with van der Waals surface area (Å²) in [7, 11) is 0. The van der Waals surface area contributed by atoms with E-state index in [0.717, 1.165) is 6.29 Å². The van der Waals surface area contributed by atoms with Gasteiger partial charge in [0.2, 0.25) is 0 Å². The van der Waals surface area contributed by atoms with Crippen LogP contribution in [0.1, 0.15) is 32.6 Å². The molecule has 0 radical (unpaired) electrons. The van der Waals surface area contributed by atoms with Crippen LogP contribution >= 0.6 is 0 Å². The summed E-state index contributed by atoms with van der Waals surface area (Å²) in [5.41, 5.74) is 8.43. The third-order valence-electron chi connectivity index (χ3n) is 4.18. The van der Waals surface area contributed by atoms with E-state index in [1.807, 2.05) is 0 Å². The van der Waals surface area contributed by atoms with Crippen LogP contribution in [-0.2, 0) is 23.9 Å². The highest BCUT2D eigenvalue weighted by atomic mass is 16.7. The third-order valence-corrected chi connectivity index (χ3v) is 4.18. The highest BCUT2D eigenvalue weighted by Gasteiger charge is 2.43.